The molecule has 1 aliphatic rings. The van der Waals surface area contributed by atoms with Gasteiger partial charge in [0.25, 0.3) is 0 Å². The molecule has 0 unspecified atom stereocenters. The molecule has 0 saturated heterocycles. The Bertz CT molecular complexity index is 398. The SMILES string of the molecule is CC1(C)CN(CC(=O)O)c2ccccc21. The lowest BCUT2D eigenvalue weighted by atomic mass is 9.87. The molecule has 1 aromatic carbocycles. The molecule has 1 N–H and O–H groups in total. The molecule has 80 valence electrons. The van der Waals surface area contributed by atoms with Crippen molar-refractivity contribution < 1.29 is 9.90 Å². The van der Waals surface area contributed by atoms with E-state index >= 15 is 0 Å². The van der Waals surface area contributed by atoms with Crippen LogP contribution >= 0.6 is 0 Å². The van der Waals surface area contributed by atoms with Crippen LogP contribution in [-0.4, -0.2) is 24.2 Å². The summed E-state index contributed by atoms with van der Waals surface area (Å²) in [5.41, 5.74) is 2.35. The first-order valence-corrected chi connectivity index (χ1v) is 5.07. The summed E-state index contributed by atoms with van der Waals surface area (Å²) in [6.07, 6.45) is 0. The lowest BCUT2D eigenvalue weighted by Crippen LogP contribution is -2.32. The molecule has 0 aliphatic carbocycles. The van der Waals surface area contributed by atoms with Crippen molar-refractivity contribution in [2.24, 2.45) is 0 Å². The Kier molecular flexibility index (Phi) is 2.18. The molecule has 15 heavy (non-hydrogen) atoms. The standard InChI is InChI=1S/C12H15NO2/c1-12(2)8-13(7-11(14)15)10-6-4-3-5-9(10)12/h3-6H,7-8H2,1-2H3,(H,14,15). The van der Waals surface area contributed by atoms with E-state index in [4.69, 9.17) is 5.11 Å². The molecule has 3 nitrogen and oxygen atoms in total. The third-order valence-electron chi connectivity index (χ3n) is 2.89. The topological polar surface area (TPSA) is 40.5 Å². The molecule has 0 amide bonds. The molecule has 1 aliphatic heterocycles. The van der Waals surface area contributed by atoms with Gasteiger partial charge in [-0.05, 0) is 11.6 Å². The summed E-state index contributed by atoms with van der Waals surface area (Å²) >= 11 is 0. The number of carboxylic acid groups (broad SMARTS) is 1. The van der Waals surface area contributed by atoms with E-state index in [1.54, 1.807) is 0 Å². The average Bonchev–Trinajstić information content (AvgIpc) is 2.39. The number of para-hydroxylation sites is 1. The maximum atomic E-state index is 10.7. The number of hydrogen-bond donors (Lipinski definition) is 1. The molecule has 1 heterocycles. The van der Waals surface area contributed by atoms with Crippen molar-refractivity contribution in [1.29, 1.82) is 0 Å². The van der Waals surface area contributed by atoms with Gasteiger partial charge in [0.1, 0.15) is 6.54 Å². The van der Waals surface area contributed by atoms with Crippen LogP contribution < -0.4 is 4.90 Å². The summed E-state index contributed by atoms with van der Waals surface area (Å²) in [6.45, 7) is 5.15. The van der Waals surface area contributed by atoms with Crippen LogP contribution in [0.15, 0.2) is 24.3 Å². The zero-order valence-electron chi connectivity index (χ0n) is 9.03. The lowest BCUT2D eigenvalue weighted by Gasteiger charge is -2.20. The highest BCUT2D eigenvalue weighted by Crippen LogP contribution is 2.39. The second-order valence-corrected chi connectivity index (χ2v) is 4.65. The molecule has 2 rings (SSSR count). The molecule has 0 spiro atoms. The Morgan fingerprint density at radius 3 is 2.80 bits per heavy atom. The van der Waals surface area contributed by atoms with Crippen molar-refractivity contribution in [3.63, 3.8) is 0 Å². The molecule has 0 aromatic heterocycles. The first kappa shape index (κ1) is 10.0. The highest BCUT2D eigenvalue weighted by Gasteiger charge is 2.35. The number of fused-ring (bicyclic) bond motifs is 1. The number of carboxylic acids is 1. The maximum Gasteiger partial charge on any atom is 0.323 e. The van der Waals surface area contributed by atoms with E-state index in [0.717, 1.165) is 12.2 Å². The second kappa shape index (κ2) is 3.26. The minimum atomic E-state index is -0.775. The van der Waals surface area contributed by atoms with Crippen molar-refractivity contribution in [3.8, 4) is 0 Å². The third-order valence-corrected chi connectivity index (χ3v) is 2.89. The highest BCUT2D eigenvalue weighted by atomic mass is 16.4. The largest absolute Gasteiger partial charge is 0.480 e. The smallest absolute Gasteiger partial charge is 0.323 e. The van der Waals surface area contributed by atoms with E-state index in [2.05, 4.69) is 19.9 Å². The average molecular weight is 205 g/mol. The van der Waals surface area contributed by atoms with Crippen molar-refractivity contribution in [2.75, 3.05) is 18.0 Å². The molecule has 0 fully saturated rings. The second-order valence-electron chi connectivity index (χ2n) is 4.65. The van der Waals surface area contributed by atoms with Gasteiger partial charge in [-0.3, -0.25) is 4.79 Å². The Morgan fingerprint density at radius 1 is 1.47 bits per heavy atom. The van der Waals surface area contributed by atoms with Gasteiger partial charge in [0, 0.05) is 17.6 Å². The van der Waals surface area contributed by atoms with Gasteiger partial charge >= 0.3 is 5.97 Å². The van der Waals surface area contributed by atoms with E-state index in [1.807, 2.05) is 23.1 Å². The number of rotatable bonds is 2. The van der Waals surface area contributed by atoms with Crippen molar-refractivity contribution in [2.45, 2.75) is 19.3 Å². The minimum Gasteiger partial charge on any atom is -0.480 e. The van der Waals surface area contributed by atoms with Gasteiger partial charge in [-0.1, -0.05) is 32.0 Å². The number of aliphatic carboxylic acids is 1. The molecule has 0 radical (unpaired) electrons. The fraction of sp³-hybridized carbons (Fsp3) is 0.417. The predicted octanol–water partition coefficient (Wildman–Crippen LogP) is 1.87. The number of nitrogens with zero attached hydrogens (tertiary/aromatic N) is 1. The van der Waals surface area contributed by atoms with E-state index in [0.29, 0.717) is 0 Å². The zero-order chi connectivity index (χ0) is 11.1. The van der Waals surface area contributed by atoms with Crippen LogP contribution in [-0.2, 0) is 10.2 Å². The molecule has 0 saturated carbocycles. The van der Waals surface area contributed by atoms with Crippen molar-refractivity contribution in [1.82, 2.24) is 0 Å². The van der Waals surface area contributed by atoms with Gasteiger partial charge < -0.3 is 10.0 Å². The van der Waals surface area contributed by atoms with E-state index in [9.17, 15) is 4.79 Å². The van der Waals surface area contributed by atoms with Crippen molar-refractivity contribution in [3.05, 3.63) is 29.8 Å². The number of benzene rings is 1. The third kappa shape index (κ3) is 1.69. The summed E-state index contributed by atoms with van der Waals surface area (Å²) in [4.78, 5) is 12.7. The fourth-order valence-corrected chi connectivity index (χ4v) is 2.27. The van der Waals surface area contributed by atoms with Crippen LogP contribution in [0.25, 0.3) is 0 Å². The maximum absolute atomic E-state index is 10.7. The summed E-state index contributed by atoms with van der Waals surface area (Å²) in [5.74, 6) is -0.775. The summed E-state index contributed by atoms with van der Waals surface area (Å²) in [5, 5.41) is 8.83. The first-order chi connectivity index (χ1) is 7.00. The molecular weight excluding hydrogens is 190 g/mol. The minimum absolute atomic E-state index is 0.0477. The predicted molar refractivity (Wildman–Crippen MR) is 59.3 cm³/mol. The molecular formula is C12H15NO2. The zero-order valence-corrected chi connectivity index (χ0v) is 9.03. The Morgan fingerprint density at radius 2 is 2.13 bits per heavy atom. The number of anilines is 1. The number of hydrogen-bond acceptors (Lipinski definition) is 2. The fourth-order valence-electron chi connectivity index (χ4n) is 2.27. The summed E-state index contributed by atoms with van der Waals surface area (Å²) < 4.78 is 0. The van der Waals surface area contributed by atoms with Crippen LogP contribution in [0.1, 0.15) is 19.4 Å². The Hall–Kier alpha value is -1.51. The molecule has 0 bridgehead atoms. The van der Waals surface area contributed by atoms with Crippen LogP contribution in [0.2, 0.25) is 0 Å². The van der Waals surface area contributed by atoms with Gasteiger partial charge in [-0.15, -0.1) is 0 Å². The van der Waals surface area contributed by atoms with Gasteiger partial charge in [0.05, 0.1) is 0 Å². The van der Waals surface area contributed by atoms with Crippen LogP contribution in [0.3, 0.4) is 0 Å². The molecule has 3 heteroatoms. The van der Waals surface area contributed by atoms with Gasteiger partial charge in [0.15, 0.2) is 0 Å². The normalized spacial score (nSPS) is 17.6. The number of carbonyl (C=O) groups is 1. The van der Waals surface area contributed by atoms with Gasteiger partial charge in [-0.25, -0.2) is 0 Å². The van der Waals surface area contributed by atoms with Crippen LogP contribution in [0.4, 0.5) is 5.69 Å². The molecule has 0 atom stereocenters. The van der Waals surface area contributed by atoms with Crippen LogP contribution in [0, 0.1) is 0 Å². The summed E-state index contributed by atoms with van der Waals surface area (Å²) in [6, 6.07) is 8.03. The highest BCUT2D eigenvalue weighted by molar-refractivity contribution is 5.76. The van der Waals surface area contributed by atoms with Crippen molar-refractivity contribution >= 4 is 11.7 Å². The quantitative estimate of drug-likeness (QED) is 0.801. The monoisotopic (exact) mass is 205 g/mol. The van der Waals surface area contributed by atoms with Gasteiger partial charge in [-0.2, -0.15) is 0 Å². The first-order valence-electron chi connectivity index (χ1n) is 5.07. The van der Waals surface area contributed by atoms with E-state index in [-0.39, 0.29) is 12.0 Å². The molecule has 1 aromatic rings. The Labute approximate surface area is 89.3 Å². The summed E-state index contributed by atoms with van der Waals surface area (Å²) in [7, 11) is 0. The van der Waals surface area contributed by atoms with Crippen LogP contribution in [0.5, 0.6) is 0 Å². The van der Waals surface area contributed by atoms with E-state index in [1.165, 1.54) is 5.56 Å². The Balaban J connectivity index is 2.38. The lowest BCUT2D eigenvalue weighted by molar-refractivity contribution is -0.135. The van der Waals surface area contributed by atoms with Gasteiger partial charge in [0.2, 0.25) is 0 Å². The van der Waals surface area contributed by atoms with E-state index < -0.39 is 5.97 Å².